The van der Waals surface area contributed by atoms with Gasteiger partial charge >= 0.3 is 0 Å². The van der Waals surface area contributed by atoms with Crippen LogP contribution in [0.1, 0.15) is 37.0 Å². The highest BCUT2D eigenvalue weighted by Gasteiger charge is 2.21. The van der Waals surface area contributed by atoms with Crippen LogP contribution in [0, 0.1) is 5.92 Å². The van der Waals surface area contributed by atoms with E-state index in [9.17, 15) is 5.11 Å². The molecular formula is C17H27NO2. The molecule has 1 aliphatic heterocycles. The van der Waals surface area contributed by atoms with Crippen molar-refractivity contribution in [3.8, 4) is 0 Å². The topological polar surface area (TPSA) is 32.7 Å². The van der Waals surface area contributed by atoms with E-state index in [4.69, 9.17) is 4.74 Å². The number of benzene rings is 1. The van der Waals surface area contributed by atoms with E-state index in [-0.39, 0.29) is 6.10 Å². The van der Waals surface area contributed by atoms with Crippen molar-refractivity contribution in [1.29, 1.82) is 0 Å². The Morgan fingerprint density at radius 2 is 1.90 bits per heavy atom. The molecular weight excluding hydrogens is 250 g/mol. The number of methoxy groups -OCH3 is 1. The Morgan fingerprint density at radius 1 is 1.25 bits per heavy atom. The largest absolute Gasteiger partial charge is 0.387 e. The molecule has 112 valence electrons. The van der Waals surface area contributed by atoms with Gasteiger partial charge in [-0.1, -0.05) is 31.2 Å². The lowest BCUT2D eigenvalue weighted by molar-refractivity contribution is 0.0656. The molecule has 1 atom stereocenters. The second-order valence-electron chi connectivity index (χ2n) is 5.81. The first kappa shape index (κ1) is 15.5. The molecule has 1 heterocycles. The summed E-state index contributed by atoms with van der Waals surface area (Å²) >= 11 is 0. The highest BCUT2D eigenvalue weighted by molar-refractivity contribution is 5.24. The molecule has 0 aromatic heterocycles. The third-order valence-electron chi connectivity index (χ3n) is 4.31. The lowest BCUT2D eigenvalue weighted by Gasteiger charge is -2.32. The van der Waals surface area contributed by atoms with Crippen LogP contribution in [0.3, 0.4) is 0 Å². The molecule has 2 rings (SSSR count). The molecule has 1 aliphatic rings. The van der Waals surface area contributed by atoms with E-state index in [1.54, 1.807) is 7.11 Å². The first-order valence-electron chi connectivity index (χ1n) is 7.71. The minimum absolute atomic E-state index is 0.375. The summed E-state index contributed by atoms with van der Waals surface area (Å²) in [5, 5.41) is 10.3. The van der Waals surface area contributed by atoms with Crippen LogP contribution in [-0.2, 0) is 11.2 Å². The molecule has 20 heavy (non-hydrogen) atoms. The fourth-order valence-corrected chi connectivity index (χ4v) is 2.90. The van der Waals surface area contributed by atoms with Crippen LogP contribution in [0.4, 0.5) is 0 Å². The van der Waals surface area contributed by atoms with E-state index in [0.29, 0.717) is 5.92 Å². The van der Waals surface area contributed by atoms with Gasteiger partial charge in [-0.3, -0.25) is 0 Å². The molecule has 1 saturated heterocycles. The van der Waals surface area contributed by atoms with Crippen molar-refractivity contribution in [1.82, 2.24) is 4.90 Å². The van der Waals surface area contributed by atoms with Gasteiger partial charge in [0.1, 0.15) is 0 Å². The molecule has 0 bridgehead atoms. The highest BCUT2D eigenvalue weighted by Crippen LogP contribution is 2.21. The SMILES string of the molecule is CCc1ccc(C(O)CN2CCC(COC)CC2)cc1. The fraction of sp³-hybridized carbons (Fsp3) is 0.647. The lowest BCUT2D eigenvalue weighted by atomic mass is 9.97. The van der Waals surface area contributed by atoms with Gasteiger partial charge in [0.25, 0.3) is 0 Å². The van der Waals surface area contributed by atoms with Crippen LogP contribution < -0.4 is 0 Å². The molecule has 0 radical (unpaired) electrons. The standard InChI is InChI=1S/C17H27NO2/c1-3-14-4-6-16(7-5-14)17(19)12-18-10-8-15(9-11-18)13-20-2/h4-7,15,17,19H,3,8-13H2,1-2H3. The van der Waals surface area contributed by atoms with E-state index in [2.05, 4.69) is 36.1 Å². The smallest absolute Gasteiger partial charge is 0.0916 e. The number of aryl methyl sites for hydroxylation is 1. The van der Waals surface area contributed by atoms with E-state index < -0.39 is 0 Å². The number of hydrogen-bond donors (Lipinski definition) is 1. The predicted molar refractivity (Wildman–Crippen MR) is 81.8 cm³/mol. The Kier molecular flexibility index (Phi) is 6.02. The molecule has 1 aromatic carbocycles. The fourth-order valence-electron chi connectivity index (χ4n) is 2.90. The number of ether oxygens (including phenoxy) is 1. The van der Waals surface area contributed by atoms with Crippen LogP contribution in [-0.4, -0.2) is 43.4 Å². The maximum atomic E-state index is 10.3. The van der Waals surface area contributed by atoms with Gasteiger partial charge < -0.3 is 14.7 Å². The van der Waals surface area contributed by atoms with Crippen LogP contribution in [0.15, 0.2) is 24.3 Å². The van der Waals surface area contributed by atoms with Gasteiger partial charge in [0.15, 0.2) is 0 Å². The summed E-state index contributed by atoms with van der Waals surface area (Å²) in [7, 11) is 1.77. The molecule has 0 aliphatic carbocycles. The Labute approximate surface area is 122 Å². The second-order valence-corrected chi connectivity index (χ2v) is 5.81. The van der Waals surface area contributed by atoms with Crippen molar-refractivity contribution in [2.75, 3.05) is 33.4 Å². The van der Waals surface area contributed by atoms with E-state index in [0.717, 1.165) is 38.2 Å². The van der Waals surface area contributed by atoms with Crippen LogP contribution in [0.2, 0.25) is 0 Å². The van der Waals surface area contributed by atoms with E-state index in [1.807, 2.05) is 0 Å². The molecule has 3 heteroatoms. The van der Waals surface area contributed by atoms with E-state index in [1.165, 1.54) is 18.4 Å². The van der Waals surface area contributed by atoms with Gasteiger partial charge in [0.2, 0.25) is 0 Å². The first-order valence-corrected chi connectivity index (χ1v) is 7.71. The van der Waals surface area contributed by atoms with Gasteiger partial charge in [0, 0.05) is 20.3 Å². The zero-order valence-electron chi connectivity index (χ0n) is 12.7. The number of rotatable bonds is 6. The van der Waals surface area contributed by atoms with Gasteiger partial charge in [-0.05, 0) is 49.4 Å². The Bertz CT molecular complexity index is 382. The number of piperidine rings is 1. The molecule has 1 aromatic rings. The average molecular weight is 277 g/mol. The maximum Gasteiger partial charge on any atom is 0.0916 e. The molecule has 0 saturated carbocycles. The van der Waals surface area contributed by atoms with Gasteiger partial charge in [0.05, 0.1) is 6.10 Å². The van der Waals surface area contributed by atoms with E-state index >= 15 is 0 Å². The summed E-state index contributed by atoms with van der Waals surface area (Å²) in [6, 6.07) is 8.34. The number of β-amino-alcohol motifs (C(OH)–C–C–N with tert-alkyl or cyclic N) is 1. The van der Waals surface area contributed by atoms with Crippen molar-refractivity contribution in [3.63, 3.8) is 0 Å². The number of likely N-dealkylation sites (tertiary alicyclic amines) is 1. The number of nitrogens with zero attached hydrogens (tertiary/aromatic N) is 1. The Hall–Kier alpha value is -0.900. The van der Waals surface area contributed by atoms with Crippen molar-refractivity contribution in [3.05, 3.63) is 35.4 Å². The Balaban J connectivity index is 1.81. The van der Waals surface area contributed by atoms with Crippen LogP contribution >= 0.6 is 0 Å². The summed E-state index contributed by atoms with van der Waals surface area (Å²) < 4.78 is 5.22. The zero-order valence-corrected chi connectivity index (χ0v) is 12.7. The number of aliphatic hydroxyl groups is 1. The quantitative estimate of drug-likeness (QED) is 0.867. The first-order chi connectivity index (χ1) is 9.72. The van der Waals surface area contributed by atoms with Gasteiger partial charge in [-0.25, -0.2) is 0 Å². The molecule has 3 nitrogen and oxygen atoms in total. The normalized spacial score (nSPS) is 19.1. The number of aliphatic hydroxyl groups excluding tert-OH is 1. The monoisotopic (exact) mass is 277 g/mol. The van der Waals surface area contributed by atoms with Crippen molar-refractivity contribution >= 4 is 0 Å². The summed E-state index contributed by atoms with van der Waals surface area (Å²) in [5.74, 6) is 0.692. The van der Waals surface area contributed by atoms with Crippen molar-refractivity contribution < 1.29 is 9.84 Å². The maximum absolute atomic E-state index is 10.3. The molecule has 1 N–H and O–H groups in total. The minimum atomic E-state index is -0.375. The van der Waals surface area contributed by atoms with Crippen LogP contribution in [0.5, 0.6) is 0 Å². The third-order valence-corrected chi connectivity index (χ3v) is 4.31. The molecule has 1 unspecified atom stereocenters. The minimum Gasteiger partial charge on any atom is -0.387 e. The van der Waals surface area contributed by atoms with Gasteiger partial charge in [-0.15, -0.1) is 0 Å². The molecule has 1 fully saturated rings. The van der Waals surface area contributed by atoms with Crippen molar-refractivity contribution in [2.24, 2.45) is 5.92 Å². The van der Waals surface area contributed by atoms with Crippen molar-refractivity contribution in [2.45, 2.75) is 32.3 Å². The Morgan fingerprint density at radius 3 is 2.45 bits per heavy atom. The van der Waals surface area contributed by atoms with Crippen LogP contribution in [0.25, 0.3) is 0 Å². The number of hydrogen-bond acceptors (Lipinski definition) is 3. The average Bonchev–Trinajstić information content (AvgIpc) is 2.49. The third kappa shape index (κ3) is 4.30. The molecule has 0 spiro atoms. The summed E-state index contributed by atoms with van der Waals surface area (Å²) in [6.07, 6.45) is 3.02. The van der Waals surface area contributed by atoms with Gasteiger partial charge in [-0.2, -0.15) is 0 Å². The summed E-state index contributed by atoms with van der Waals surface area (Å²) in [5.41, 5.74) is 2.35. The lowest BCUT2D eigenvalue weighted by Crippen LogP contribution is -2.37. The molecule has 0 amide bonds. The second kappa shape index (κ2) is 7.77. The zero-order chi connectivity index (χ0) is 14.4. The highest BCUT2D eigenvalue weighted by atomic mass is 16.5. The summed E-state index contributed by atoms with van der Waals surface area (Å²) in [4.78, 5) is 2.37. The summed E-state index contributed by atoms with van der Waals surface area (Å²) in [6.45, 7) is 5.89. The predicted octanol–water partition coefficient (Wildman–Crippen LogP) is 2.64.